The molecule has 8 nitrogen and oxygen atoms in total. The van der Waals surface area contributed by atoms with Crippen molar-refractivity contribution in [3.63, 3.8) is 0 Å². The number of carbonyl (C=O) groups excluding carboxylic acids is 2. The van der Waals surface area contributed by atoms with Crippen LogP contribution in [0.1, 0.15) is 65.9 Å². The Bertz CT molecular complexity index is 1200. The number of para-hydroxylation sites is 1. The van der Waals surface area contributed by atoms with Crippen molar-refractivity contribution in [1.82, 2.24) is 25.4 Å². The summed E-state index contributed by atoms with van der Waals surface area (Å²) in [5.41, 5.74) is 2.82. The van der Waals surface area contributed by atoms with Gasteiger partial charge in [0.15, 0.2) is 0 Å². The first-order valence-electron chi connectivity index (χ1n) is 12.6. The fraction of sp³-hybridized carbons (Fsp3) is 0.407. The number of H-pyrrole nitrogens is 1. The van der Waals surface area contributed by atoms with Gasteiger partial charge in [-0.05, 0) is 43.0 Å². The van der Waals surface area contributed by atoms with Crippen LogP contribution >= 0.6 is 0 Å². The van der Waals surface area contributed by atoms with Gasteiger partial charge < -0.3 is 15.5 Å². The minimum Gasteiger partial charge on any atom is -0.374 e. The van der Waals surface area contributed by atoms with Crippen LogP contribution < -0.4 is 10.6 Å². The Morgan fingerprint density at radius 2 is 1.77 bits per heavy atom. The van der Waals surface area contributed by atoms with E-state index in [-0.39, 0.29) is 41.8 Å². The van der Waals surface area contributed by atoms with Crippen molar-refractivity contribution in [3.8, 4) is 0 Å². The average Bonchev–Trinajstić information content (AvgIpc) is 3.60. The topological polar surface area (TPSA) is 103 Å². The molecule has 3 heterocycles. The number of aromatic nitrogens is 3. The van der Waals surface area contributed by atoms with Gasteiger partial charge in [-0.3, -0.25) is 14.7 Å². The van der Waals surface area contributed by atoms with Crippen LogP contribution in [-0.4, -0.2) is 44.5 Å². The number of benzene rings is 2. The predicted octanol–water partition coefficient (Wildman–Crippen LogP) is 3.85. The van der Waals surface area contributed by atoms with Gasteiger partial charge in [0.2, 0.25) is 5.91 Å². The lowest BCUT2D eigenvalue weighted by Gasteiger charge is -2.41. The first-order valence-corrected chi connectivity index (χ1v) is 12.6. The van der Waals surface area contributed by atoms with Crippen molar-refractivity contribution in [2.75, 3.05) is 11.9 Å². The smallest absolute Gasteiger partial charge is 0.251 e. The summed E-state index contributed by atoms with van der Waals surface area (Å²) >= 11 is 0. The number of carbonyl (C=O) groups is 2. The molecule has 6 rings (SSSR count). The van der Waals surface area contributed by atoms with E-state index >= 15 is 0 Å². The Balaban J connectivity index is 1.27. The van der Waals surface area contributed by atoms with Crippen LogP contribution in [0, 0.1) is 11.8 Å². The van der Waals surface area contributed by atoms with Crippen LogP contribution in [0.4, 0.5) is 5.69 Å². The second-order valence-corrected chi connectivity index (χ2v) is 9.85. The van der Waals surface area contributed by atoms with Crippen molar-refractivity contribution in [3.05, 3.63) is 77.9 Å². The summed E-state index contributed by atoms with van der Waals surface area (Å²) < 4.78 is 0. The van der Waals surface area contributed by atoms with Gasteiger partial charge in [-0.15, -0.1) is 0 Å². The average molecular weight is 471 g/mol. The van der Waals surface area contributed by atoms with E-state index < -0.39 is 0 Å². The summed E-state index contributed by atoms with van der Waals surface area (Å²) in [5.74, 6) is 0.842. The summed E-state index contributed by atoms with van der Waals surface area (Å²) in [4.78, 5) is 33.5. The third-order valence-electron chi connectivity index (χ3n) is 7.91. The molecule has 3 N–H and O–H groups in total. The highest BCUT2D eigenvalue weighted by atomic mass is 16.2. The van der Waals surface area contributed by atoms with Gasteiger partial charge in [-0.25, -0.2) is 4.98 Å². The van der Waals surface area contributed by atoms with Crippen LogP contribution in [0.5, 0.6) is 0 Å². The standard InChI is InChI=1S/C27H30N6O2/c34-26(17-8-2-1-3-9-17)31-22-13-7-5-11-19(22)27(35)33-15-14-20-23(25-28-16-29-32-25)30-21-12-6-4-10-18(21)24(20)33/h1-4,6,8-10,12,16,19-20,22-24,30H,5,7,11,13-15H2,(H,31,34)(H,28,29,32)/t19-,20?,22+,23?,24?/m0/s1. The minimum absolute atomic E-state index is 0.0255. The molecule has 2 aromatic carbocycles. The number of aromatic amines is 1. The molecule has 1 saturated carbocycles. The molecule has 0 spiro atoms. The molecule has 8 heteroatoms. The van der Waals surface area contributed by atoms with Gasteiger partial charge in [0.1, 0.15) is 12.2 Å². The molecular formula is C27H30N6O2. The van der Waals surface area contributed by atoms with Crippen molar-refractivity contribution in [1.29, 1.82) is 0 Å². The van der Waals surface area contributed by atoms with Crippen LogP contribution in [0.3, 0.4) is 0 Å². The minimum atomic E-state index is -0.207. The fourth-order valence-corrected chi connectivity index (χ4v) is 6.26. The zero-order chi connectivity index (χ0) is 23.8. The maximum absolute atomic E-state index is 14.1. The van der Waals surface area contributed by atoms with Gasteiger partial charge in [-0.2, -0.15) is 5.10 Å². The number of amides is 2. The molecule has 1 aliphatic carbocycles. The van der Waals surface area contributed by atoms with Gasteiger partial charge in [0.05, 0.1) is 18.0 Å². The lowest BCUT2D eigenvalue weighted by atomic mass is 9.80. The molecular weight excluding hydrogens is 440 g/mol. The predicted molar refractivity (Wildman–Crippen MR) is 131 cm³/mol. The van der Waals surface area contributed by atoms with E-state index in [0.29, 0.717) is 12.1 Å². The number of fused-ring (bicyclic) bond motifs is 3. The zero-order valence-electron chi connectivity index (χ0n) is 19.6. The molecule has 2 amide bonds. The number of rotatable bonds is 4. The number of nitrogens with zero attached hydrogens (tertiary/aromatic N) is 3. The Kier molecular flexibility index (Phi) is 5.72. The Morgan fingerprint density at radius 1 is 0.971 bits per heavy atom. The van der Waals surface area contributed by atoms with Crippen molar-refractivity contribution >= 4 is 17.5 Å². The summed E-state index contributed by atoms with van der Waals surface area (Å²) in [6, 6.07) is 17.3. The molecule has 2 fully saturated rings. The van der Waals surface area contributed by atoms with E-state index in [1.165, 1.54) is 6.33 Å². The van der Waals surface area contributed by atoms with Crippen molar-refractivity contribution in [2.45, 2.75) is 50.2 Å². The zero-order valence-corrected chi connectivity index (χ0v) is 19.6. The largest absolute Gasteiger partial charge is 0.374 e. The summed E-state index contributed by atoms with van der Waals surface area (Å²) in [6.45, 7) is 0.699. The van der Waals surface area contributed by atoms with Crippen molar-refractivity contribution < 1.29 is 9.59 Å². The summed E-state index contributed by atoms with van der Waals surface area (Å²) in [5, 5.41) is 13.9. The SMILES string of the molecule is O=C(N[C@@H]1CCCC[C@@H]1C(=O)N1CCC2C(c3ncn[nH]3)Nc3ccccc3C21)c1ccccc1. The lowest BCUT2D eigenvalue weighted by molar-refractivity contribution is -0.138. The van der Waals surface area contributed by atoms with Gasteiger partial charge >= 0.3 is 0 Å². The van der Waals surface area contributed by atoms with Crippen molar-refractivity contribution in [2.24, 2.45) is 11.8 Å². The molecule has 1 saturated heterocycles. The maximum Gasteiger partial charge on any atom is 0.251 e. The first-order chi connectivity index (χ1) is 17.2. The van der Waals surface area contributed by atoms with Gasteiger partial charge in [-0.1, -0.05) is 49.2 Å². The monoisotopic (exact) mass is 470 g/mol. The first kappa shape index (κ1) is 21.8. The third-order valence-corrected chi connectivity index (χ3v) is 7.91. The summed E-state index contributed by atoms with van der Waals surface area (Å²) in [6.07, 6.45) is 6.09. The quantitative estimate of drug-likeness (QED) is 0.538. The number of hydrogen-bond acceptors (Lipinski definition) is 5. The number of nitrogens with one attached hydrogen (secondary N) is 3. The van der Waals surface area contributed by atoms with E-state index in [9.17, 15) is 9.59 Å². The molecule has 3 aliphatic rings. The second-order valence-electron chi connectivity index (χ2n) is 9.85. The van der Waals surface area contributed by atoms with Gasteiger partial charge in [0, 0.05) is 29.8 Å². The molecule has 3 aromatic rings. The molecule has 0 radical (unpaired) electrons. The molecule has 35 heavy (non-hydrogen) atoms. The second kappa shape index (κ2) is 9.17. The van der Waals surface area contributed by atoms with E-state index in [1.54, 1.807) is 0 Å². The van der Waals surface area contributed by atoms with E-state index in [4.69, 9.17) is 0 Å². The highest BCUT2D eigenvalue weighted by Crippen LogP contribution is 2.51. The number of likely N-dealkylation sites (tertiary alicyclic amines) is 1. The van der Waals surface area contributed by atoms with E-state index in [1.807, 2.05) is 42.5 Å². The van der Waals surface area contributed by atoms with E-state index in [2.05, 4.69) is 42.8 Å². The number of anilines is 1. The van der Waals surface area contributed by atoms with Crippen LogP contribution in [0.25, 0.3) is 0 Å². The third kappa shape index (κ3) is 3.96. The lowest BCUT2D eigenvalue weighted by Crippen LogP contribution is -2.50. The Morgan fingerprint density at radius 3 is 2.60 bits per heavy atom. The molecule has 1 aromatic heterocycles. The maximum atomic E-state index is 14.1. The van der Waals surface area contributed by atoms with Crippen LogP contribution in [-0.2, 0) is 4.79 Å². The van der Waals surface area contributed by atoms with Gasteiger partial charge in [0.25, 0.3) is 5.91 Å². The Hall–Kier alpha value is -3.68. The molecule has 0 bridgehead atoms. The Labute approximate surface area is 204 Å². The van der Waals surface area contributed by atoms with Crippen LogP contribution in [0.2, 0.25) is 0 Å². The number of hydrogen-bond donors (Lipinski definition) is 3. The molecule has 180 valence electrons. The molecule has 2 aliphatic heterocycles. The molecule has 3 unspecified atom stereocenters. The normalized spacial score (nSPS) is 27.4. The molecule has 5 atom stereocenters. The highest BCUT2D eigenvalue weighted by molar-refractivity contribution is 5.94. The summed E-state index contributed by atoms with van der Waals surface area (Å²) in [7, 11) is 0. The highest BCUT2D eigenvalue weighted by Gasteiger charge is 2.49. The fourth-order valence-electron chi connectivity index (χ4n) is 6.26. The van der Waals surface area contributed by atoms with Crippen LogP contribution in [0.15, 0.2) is 60.9 Å². The van der Waals surface area contributed by atoms with E-state index in [0.717, 1.165) is 49.2 Å².